The van der Waals surface area contributed by atoms with Gasteiger partial charge in [-0.1, -0.05) is 30.3 Å². The smallest absolute Gasteiger partial charge is 0.0922 e. The maximum Gasteiger partial charge on any atom is 0.0922 e. The third kappa shape index (κ3) is 3.39. The van der Waals surface area contributed by atoms with Crippen LogP contribution >= 0.6 is 0 Å². The van der Waals surface area contributed by atoms with Gasteiger partial charge < -0.3 is 4.98 Å². The first-order valence-corrected chi connectivity index (χ1v) is 8.59. The molecule has 1 aromatic carbocycles. The number of hydrogen-bond donors (Lipinski definition) is 1. The van der Waals surface area contributed by atoms with Crippen molar-refractivity contribution in [2.24, 2.45) is 0 Å². The van der Waals surface area contributed by atoms with Crippen LogP contribution in [0.1, 0.15) is 30.0 Å². The van der Waals surface area contributed by atoms with Gasteiger partial charge in [0.25, 0.3) is 0 Å². The second-order valence-electron chi connectivity index (χ2n) is 6.46. The summed E-state index contributed by atoms with van der Waals surface area (Å²) in [5.41, 5.74) is 4.89. The molecule has 0 atom stereocenters. The van der Waals surface area contributed by atoms with Crippen LogP contribution in [0.2, 0.25) is 0 Å². The first-order valence-electron chi connectivity index (χ1n) is 8.59. The molecule has 0 radical (unpaired) electrons. The van der Waals surface area contributed by atoms with Gasteiger partial charge in [-0.3, -0.25) is 9.88 Å². The fourth-order valence-electron chi connectivity index (χ4n) is 3.50. The maximum absolute atomic E-state index is 4.42. The average Bonchev–Trinajstić information content (AvgIpc) is 3.16. The minimum atomic E-state index is 0.667. The molecule has 4 nitrogen and oxygen atoms in total. The van der Waals surface area contributed by atoms with Crippen molar-refractivity contribution in [3.63, 3.8) is 0 Å². The van der Waals surface area contributed by atoms with Crippen molar-refractivity contribution in [1.82, 2.24) is 19.9 Å². The minimum absolute atomic E-state index is 0.667. The molecule has 4 rings (SSSR count). The molecule has 1 aliphatic heterocycles. The molecule has 0 bridgehead atoms. The van der Waals surface area contributed by atoms with Gasteiger partial charge in [0.15, 0.2) is 0 Å². The third-order valence-corrected chi connectivity index (χ3v) is 4.88. The summed E-state index contributed by atoms with van der Waals surface area (Å²) in [6, 6.07) is 15.0. The van der Waals surface area contributed by atoms with E-state index in [2.05, 4.69) is 50.2 Å². The van der Waals surface area contributed by atoms with Crippen molar-refractivity contribution in [3.8, 4) is 11.3 Å². The van der Waals surface area contributed by atoms with Gasteiger partial charge in [0.2, 0.25) is 0 Å². The SMILES string of the molecule is c1ccc(-c2ccc(C3CCN(Cc4cnc[nH]4)CC3)cc2)nc1. The van der Waals surface area contributed by atoms with Crippen molar-refractivity contribution in [2.75, 3.05) is 13.1 Å². The van der Waals surface area contributed by atoms with Crippen LogP contribution in [0.15, 0.2) is 61.2 Å². The zero-order valence-corrected chi connectivity index (χ0v) is 13.7. The van der Waals surface area contributed by atoms with Crippen molar-refractivity contribution < 1.29 is 0 Å². The molecule has 3 aromatic rings. The van der Waals surface area contributed by atoms with Gasteiger partial charge in [-0.25, -0.2) is 4.98 Å². The molecule has 4 heteroatoms. The van der Waals surface area contributed by atoms with Gasteiger partial charge >= 0.3 is 0 Å². The van der Waals surface area contributed by atoms with Crippen LogP contribution in [0.4, 0.5) is 0 Å². The molecule has 24 heavy (non-hydrogen) atoms. The van der Waals surface area contributed by atoms with E-state index in [4.69, 9.17) is 0 Å². The van der Waals surface area contributed by atoms with E-state index < -0.39 is 0 Å². The number of likely N-dealkylation sites (tertiary alicyclic amines) is 1. The number of nitrogens with one attached hydrogen (secondary N) is 1. The normalized spacial score (nSPS) is 16.3. The van der Waals surface area contributed by atoms with E-state index in [9.17, 15) is 0 Å². The summed E-state index contributed by atoms with van der Waals surface area (Å²) in [4.78, 5) is 14.2. The van der Waals surface area contributed by atoms with E-state index in [0.717, 1.165) is 25.3 Å². The predicted octanol–water partition coefficient (Wildman–Crippen LogP) is 3.85. The van der Waals surface area contributed by atoms with Crippen molar-refractivity contribution in [2.45, 2.75) is 25.3 Å². The summed E-state index contributed by atoms with van der Waals surface area (Å²) < 4.78 is 0. The standard InChI is InChI=1S/C20H22N4/c1-2-10-22-20(3-1)18-6-4-16(5-7-18)17-8-11-24(12-9-17)14-19-13-21-15-23-19/h1-7,10,13,15,17H,8-9,11-12,14H2,(H,21,23). The lowest BCUT2D eigenvalue weighted by Crippen LogP contribution is -2.32. The highest BCUT2D eigenvalue weighted by Gasteiger charge is 2.20. The van der Waals surface area contributed by atoms with Gasteiger partial charge in [-0.05, 0) is 49.5 Å². The Morgan fingerprint density at radius 2 is 1.88 bits per heavy atom. The molecule has 3 heterocycles. The summed E-state index contributed by atoms with van der Waals surface area (Å²) in [6.07, 6.45) is 7.96. The zero-order valence-electron chi connectivity index (χ0n) is 13.7. The lowest BCUT2D eigenvalue weighted by molar-refractivity contribution is 0.203. The van der Waals surface area contributed by atoms with E-state index in [1.165, 1.54) is 29.7 Å². The Morgan fingerprint density at radius 1 is 1.04 bits per heavy atom. The number of benzene rings is 1. The van der Waals surface area contributed by atoms with E-state index in [-0.39, 0.29) is 0 Å². The monoisotopic (exact) mass is 318 g/mol. The average molecular weight is 318 g/mol. The number of aromatic amines is 1. The van der Waals surface area contributed by atoms with Gasteiger partial charge in [-0.2, -0.15) is 0 Å². The van der Waals surface area contributed by atoms with Crippen LogP contribution in [-0.4, -0.2) is 32.9 Å². The molecule has 0 unspecified atom stereocenters. The first kappa shape index (κ1) is 15.1. The molecule has 0 amide bonds. The predicted molar refractivity (Wildman–Crippen MR) is 95.5 cm³/mol. The van der Waals surface area contributed by atoms with Crippen LogP contribution in [0, 0.1) is 0 Å². The number of H-pyrrole nitrogens is 1. The molecule has 2 aromatic heterocycles. The highest BCUT2D eigenvalue weighted by atomic mass is 15.1. The molecule has 1 N–H and O–H groups in total. The Bertz CT molecular complexity index is 742. The molecule has 1 aliphatic rings. The topological polar surface area (TPSA) is 44.8 Å². The Balaban J connectivity index is 1.37. The Morgan fingerprint density at radius 3 is 2.54 bits per heavy atom. The van der Waals surface area contributed by atoms with Crippen molar-refractivity contribution >= 4 is 0 Å². The van der Waals surface area contributed by atoms with Gasteiger partial charge in [-0.15, -0.1) is 0 Å². The van der Waals surface area contributed by atoms with Crippen LogP contribution in [-0.2, 0) is 6.54 Å². The van der Waals surface area contributed by atoms with Crippen LogP contribution in [0.25, 0.3) is 11.3 Å². The third-order valence-electron chi connectivity index (χ3n) is 4.88. The second kappa shape index (κ2) is 6.97. The van der Waals surface area contributed by atoms with Crippen LogP contribution < -0.4 is 0 Å². The fourth-order valence-corrected chi connectivity index (χ4v) is 3.50. The maximum atomic E-state index is 4.42. The number of hydrogen-bond acceptors (Lipinski definition) is 3. The highest BCUT2D eigenvalue weighted by molar-refractivity contribution is 5.59. The Labute approximate surface area is 142 Å². The number of aromatic nitrogens is 3. The lowest BCUT2D eigenvalue weighted by Gasteiger charge is -2.31. The van der Waals surface area contributed by atoms with E-state index in [1.54, 1.807) is 6.33 Å². The zero-order chi connectivity index (χ0) is 16.2. The van der Waals surface area contributed by atoms with Gasteiger partial charge in [0.1, 0.15) is 0 Å². The second-order valence-corrected chi connectivity index (χ2v) is 6.46. The van der Waals surface area contributed by atoms with Crippen molar-refractivity contribution in [3.05, 3.63) is 72.4 Å². The van der Waals surface area contributed by atoms with Crippen LogP contribution in [0.3, 0.4) is 0 Å². The van der Waals surface area contributed by atoms with E-state index >= 15 is 0 Å². The molecule has 122 valence electrons. The Kier molecular flexibility index (Phi) is 4.38. The molecule has 0 aliphatic carbocycles. The fraction of sp³-hybridized carbons (Fsp3) is 0.300. The molecular weight excluding hydrogens is 296 g/mol. The van der Waals surface area contributed by atoms with Crippen molar-refractivity contribution in [1.29, 1.82) is 0 Å². The van der Waals surface area contributed by atoms with E-state index in [0.29, 0.717) is 5.92 Å². The summed E-state index contributed by atoms with van der Waals surface area (Å²) in [5.74, 6) is 0.667. The molecular formula is C20H22N4. The van der Waals surface area contributed by atoms with Gasteiger partial charge in [0, 0.05) is 30.2 Å². The number of piperidine rings is 1. The van der Waals surface area contributed by atoms with E-state index in [1.807, 2.05) is 24.5 Å². The Hall–Kier alpha value is -2.46. The summed E-state index contributed by atoms with van der Waals surface area (Å²) in [5, 5.41) is 0. The molecule has 1 fully saturated rings. The molecule has 1 saturated heterocycles. The number of rotatable bonds is 4. The lowest BCUT2D eigenvalue weighted by atomic mass is 9.88. The molecule has 0 spiro atoms. The molecule has 0 saturated carbocycles. The quantitative estimate of drug-likeness (QED) is 0.794. The first-order chi connectivity index (χ1) is 11.9. The number of pyridine rings is 1. The summed E-state index contributed by atoms with van der Waals surface area (Å²) in [7, 11) is 0. The minimum Gasteiger partial charge on any atom is -0.347 e. The number of nitrogens with zero attached hydrogens (tertiary/aromatic N) is 3. The van der Waals surface area contributed by atoms with Crippen LogP contribution in [0.5, 0.6) is 0 Å². The summed E-state index contributed by atoms with van der Waals surface area (Å²) in [6.45, 7) is 3.27. The number of imidazole rings is 1. The largest absolute Gasteiger partial charge is 0.347 e. The highest BCUT2D eigenvalue weighted by Crippen LogP contribution is 2.30. The summed E-state index contributed by atoms with van der Waals surface area (Å²) >= 11 is 0. The van der Waals surface area contributed by atoms with Gasteiger partial charge in [0.05, 0.1) is 12.0 Å².